The average molecular weight is 975 g/mol. The SMILES string of the molecule is C=S(O)c1ccc(N2N=C(C(=O)O)C(N=Nc3ccc4c(O)c(N=Nc5cc(OCCO)c(N=Nc6ccc7ccccc7c6S(=O)(=O)O)cc5OCCO)c(S(=O)(=O)O)cc4c3)C2=O)cc1. The van der Waals surface area contributed by atoms with E-state index in [1.165, 1.54) is 60.7 Å². The maximum absolute atomic E-state index is 13.3. The second kappa shape index (κ2) is 19.6. The molecule has 0 aliphatic carbocycles. The molecule has 1 aliphatic heterocycles. The zero-order chi connectivity index (χ0) is 48.2. The van der Waals surface area contributed by atoms with Gasteiger partial charge >= 0.3 is 5.97 Å². The summed E-state index contributed by atoms with van der Waals surface area (Å²) in [6.07, 6.45) is 0. The predicted molar refractivity (Wildman–Crippen MR) is 242 cm³/mol. The minimum atomic E-state index is -5.19. The summed E-state index contributed by atoms with van der Waals surface area (Å²) < 4.78 is 91.9. The third kappa shape index (κ3) is 10.4. The number of fused-ring (bicyclic) bond motifs is 2. The molecule has 0 fully saturated rings. The van der Waals surface area contributed by atoms with Crippen molar-refractivity contribution < 1.29 is 70.0 Å². The summed E-state index contributed by atoms with van der Waals surface area (Å²) >= 11 is 0. The van der Waals surface area contributed by atoms with E-state index in [2.05, 4.69) is 41.7 Å². The number of benzene rings is 6. The molecule has 7 N–H and O–H groups in total. The number of phenolic OH excluding ortho intramolecular Hbond substituents is 1. The lowest BCUT2D eigenvalue weighted by Crippen LogP contribution is -2.33. The van der Waals surface area contributed by atoms with Gasteiger partial charge < -0.3 is 34.5 Å². The highest BCUT2D eigenvalue weighted by Gasteiger charge is 2.41. The molecule has 67 heavy (non-hydrogen) atoms. The zero-order valence-corrected chi connectivity index (χ0v) is 36.5. The minimum absolute atomic E-state index is 0.0506. The molecule has 6 aromatic rings. The Labute approximate surface area is 380 Å². The molecular weight excluding hydrogens is 941 g/mol. The number of aromatic hydroxyl groups is 1. The van der Waals surface area contributed by atoms with Gasteiger partial charge in [0.25, 0.3) is 26.1 Å². The quantitative estimate of drug-likeness (QED) is 0.0269. The van der Waals surface area contributed by atoms with Crippen LogP contribution in [-0.4, -0.2) is 107 Å². The summed E-state index contributed by atoms with van der Waals surface area (Å²) in [6.45, 7) is -1.65. The molecule has 0 spiro atoms. The normalized spacial score (nSPS) is 15.1. The van der Waals surface area contributed by atoms with E-state index in [9.17, 15) is 60.5 Å². The molecule has 0 saturated heterocycles. The first-order valence-corrected chi connectivity index (χ1v) is 23.3. The van der Waals surface area contributed by atoms with E-state index >= 15 is 0 Å². The van der Waals surface area contributed by atoms with Crippen LogP contribution in [0.5, 0.6) is 17.2 Å². The molecule has 0 radical (unpaired) electrons. The first kappa shape index (κ1) is 47.5. The third-order valence-electron chi connectivity index (χ3n) is 9.46. The van der Waals surface area contributed by atoms with Crippen LogP contribution in [0.25, 0.3) is 21.5 Å². The number of carbonyl (C=O) groups is 2. The number of rotatable bonds is 17. The number of carbonyl (C=O) groups excluding carboxylic acids is 1. The number of amides is 1. The summed E-state index contributed by atoms with van der Waals surface area (Å²) in [6, 6.07) is 20.3. The summed E-state index contributed by atoms with van der Waals surface area (Å²) in [5.41, 5.74) is -1.94. The molecule has 23 nitrogen and oxygen atoms in total. The molecule has 0 saturated carbocycles. The Bertz CT molecular complexity index is 3350. The molecule has 346 valence electrons. The molecule has 1 heterocycles. The number of hydrogen-bond donors (Lipinski definition) is 7. The number of ether oxygens (including phenoxy) is 2. The lowest BCUT2D eigenvalue weighted by molar-refractivity contribution is -0.130. The molecule has 1 aliphatic rings. The van der Waals surface area contributed by atoms with Gasteiger partial charge in [0.1, 0.15) is 57.3 Å². The van der Waals surface area contributed by atoms with E-state index in [0.717, 1.165) is 17.1 Å². The number of aliphatic carboxylic acids is 1. The second-order valence-electron chi connectivity index (χ2n) is 13.8. The smallest absolute Gasteiger partial charge is 0.355 e. The van der Waals surface area contributed by atoms with Crippen molar-refractivity contribution in [3.05, 3.63) is 97.1 Å². The van der Waals surface area contributed by atoms with E-state index in [1.54, 1.807) is 24.3 Å². The van der Waals surface area contributed by atoms with Crippen molar-refractivity contribution in [2.24, 2.45) is 35.8 Å². The largest absolute Gasteiger partial charge is 0.505 e. The van der Waals surface area contributed by atoms with Gasteiger partial charge in [-0.3, -0.25) is 13.9 Å². The predicted octanol–water partition coefficient (Wildman–Crippen LogP) is 7.24. The number of azo groups is 3. The fourth-order valence-corrected chi connectivity index (χ4v) is 8.43. The molecule has 6 aromatic carbocycles. The third-order valence-corrected chi connectivity index (χ3v) is 12.1. The van der Waals surface area contributed by atoms with Crippen molar-refractivity contribution in [1.29, 1.82) is 0 Å². The van der Waals surface area contributed by atoms with Crippen molar-refractivity contribution in [2.45, 2.75) is 20.7 Å². The van der Waals surface area contributed by atoms with Crippen LogP contribution in [0, 0.1) is 0 Å². The van der Waals surface area contributed by atoms with Crippen LogP contribution in [0.1, 0.15) is 0 Å². The monoisotopic (exact) mass is 974 g/mol. The Balaban J connectivity index is 1.24. The Morgan fingerprint density at radius 1 is 0.746 bits per heavy atom. The van der Waals surface area contributed by atoms with Gasteiger partial charge in [-0.1, -0.05) is 30.3 Å². The van der Waals surface area contributed by atoms with Crippen molar-refractivity contribution in [3.8, 4) is 17.2 Å². The van der Waals surface area contributed by atoms with Crippen LogP contribution in [-0.2, 0) is 29.8 Å². The number of carboxylic acids is 1. The zero-order valence-electron chi connectivity index (χ0n) is 34.0. The molecular formula is C41H34N8O15S3. The van der Waals surface area contributed by atoms with Gasteiger partial charge in [-0.2, -0.15) is 37.2 Å². The van der Waals surface area contributed by atoms with Crippen LogP contribution in [0.2, 0.25) is 0 Å². The first-order valence-electron chi connectivity index (χ1n) is 19.0. The van der Waals surface area contributed by atoms with Gasteiger partial charge in [0.15, 0.2) is 11.5 Å². The Hall–Kier alpha value is -7.43. The van der Waals surface area contributed by atoms with Gasteiger partial charge in [-0.15, -0.1) is 20.5 Å². The number of aliphatic hydroxyl groups is 2. The molecule has 0 aromatic heterocycles. The number of carboxylic acid groups (broad SMARTS) is 1. The summed E-state index contributed by atoms with van der Waals surface area (Å²) in [5.74, 6) is -0.0623. The van der Waals surface area contributed by atoms with E-state index in [1.807, 2.05) is 0 Å². The molecule has 26 heteroatoms. The maximum Gasteiger partial charge on any atom is 0.355 e. The Morgan fingerprint density at radius 3 is 1.97 bits per heavy atom. The van der Waals surface area contributed by atoms with Crippen LogP contribution in [0.15, 0.2) is 148 Å². The van der Waals surface area contributed by atoms with Gasteiger partial charge in [0, 0.05) is 27.8 Å². The highest BCUT2D eigenvalue weighted by atomic mass is 32.2. The number of hydrogen-bond acceptors (Lipinski definition) is 19. The lowest BCUT2D eigenvalue weighted by atomic mass is 10.1. The number of aliphatic hydroxyl groups excluding tert-OH is 2. The Kier molecular flexibility index (Phi) is 13.9. The minimum Gasteiger partial charge on any atom is -0.505 e. The topological polar surface area (TPSA) is 352 Å². The summed E-state index contributed by atoms with van der Waals surface area (Å²) in [4.78, 5) is 24.3. The average Bonchev–Trinajstić information content (AvgIpc) is 3.63. The number of nitrogens with zero attached hydrogens (tertiary/aromatic N) is 8. The van der Waals surface area contributed by atoms with Gasteiger partial charge in [0.05, 0.1) is 24.6 Å². The number of phenols is 1. The maximum atomic E-state index is 13.3. The standard InChI is InChI=1S/C41H34N8O15S3/c1-65(56)26-10-8-25(9-11-26)49-40(53)36(37(48-49)41(54)55)47-42-24-7-12-27-23(18-24)19-34(66(57,58)59)35(38(27)52)46-45-31-21-32(63-16-14-50)30(20-33(31)64-17-15-51)44-43-29-13-6-22-4-2-3-5-28(22)39(29)67(60,61)62/h2-13,18-21,36,50-52,56H,1,14-17H2,(H,54,55)(H,57,58,59)(H,60,61,62). The Morgan fingerprint density at radius 2 is 1.37 bits per heavy atom. The van der Waals surface area contributed by atoms with E-state index in [4.69, 9.17) is 9.47 Å². The van der Waals surface area contributed by atoms with E-state index in [0.29, 0.717) is 10.3 Å². The molecule has 0 bridgehead atoms. The van der Waals surface area contributed by atoms with Crippen molar-refractivity contribution >= 4 is 110 Å². The van der Waals surface area contributed by atoms with Crippen LogP contribution >= 0.6 is 10.8 Å². The van der Waals surface area contributed by atoms with Gasteiger partial charge in [-0.05, 0) is 82.0 Å². The summed E-state index contributed by atoms with van der Waals surface area (Å²) in [5, 5.41) is 69.6. The van der Waals surface area contributed by atoms with Crippen molar-refractivity contribution in [3.63, 3.8) is 0 Å². The molecule has 1 amide bonds. The van der Waals surface area contributed by atoms with E-state index < -0.39 is 89.1 Å². The first-order chi connectivity index (χ1) is 31.9. The van der Waals surface area contributed by atoms with Gasteiger partial charge in [0.2, 0.25) is 6.04 Å². The van der Waals surface area contributed by atoms with Crippen molar-refractivity contribution in [1.82, 2.24) is 0 Å². The molecule has 2 atom stereocenters. The van der Waals surface area contributed by atoms with Crippen LogP contribution in [0.3, 0.4) is 0 Å². The van der Waals surface area contributed by atoms with Crippen molar-refractivity contribution in [2.75, 3.05) is 31.4 Å². The van der Waals surface area contributed by atoms with E-state index in [-0.39, 0.29) is 69.3 Å². The fraction of sp³-hybridized carbons (Fsp3) is 0.122. The molecule has 2 unspecified atom stereocenters. The fourth-order valence-electron chi connectivity index (χ4n) is 6.49. The van der Waals surface area contributed by atoms with Gasteiger partial charge in [-0.25, -0.2) is 4.79 Å². The summed E-state index contributed by atoms with van der Waals surface area (Å²) in [7, 11) is -11.3. The van der Waals surface area contributed by atoms with Crippen LogP contribution in [0.4, 0.5) is 34.1 Å². The lowest BCUT2D eigenvalue weighted by Gasteiger charge is -2.13. The number of hydrazone groups is 1. The van der Waals surface area contributed by atoms with Crippen LogP contribution < -0.4 is 14.5 Å². The highest BCUT2D eigenvalue weighted by molar-refractivity contribution is 8.09. The highest BCUT2D eigenvalue weighted by Crippen LogP contribution is 2.46. The second-order valence-corrected chi connectivity index (χ2v) is 17.8. The number of anilines is 1. The molecule has 7 rings (SSSR count).